The molecule has 1 amide bonds. The largest absolute Gasteiger partial charge is 0.396 e. The molecule has 3 aromatic rings. The molecule has 0 bridgehead atoms. The van der Waals surface area contributed by atoms with E-state index < -0.39 is 12.2 Å². The molecule has 4 rings (SSSR count). The zero-order chi connectivity index (χ0) is 26.0. The van der Waals surface area contributed by atoms with Crippen LogP contribution in [0.3, 0.4) is 0 Å². The Morgan fingerprint density at radius 1 is 1.19 bits per heavy atom. The summed E-state index contributed by atoms with van der Waals surface area (Å²) in [6, 6.07) is 7.81. The van der Waals surface area contributed by atoms with E-state index >= 15 is 0 Å². The summed E-state index contributed by atoms with van der Waals surface area (Å²) < 4.78 is 30.1. The van der Waals surface area contributed by atoms with Gasteiger partial charge in [-0.15, -0.1) is 0 Å². The Kier molecular flexibility index (Phi) is 9.49. The van der Waals surface area contributed by atoms with Crippen LogP contribution in [-0.4, -0.2) is 83.9 Å². The lowest BCUT2D eigenvalue weighted by atomic mass is 10.1. The van der Waals surface area contributed by atoms with E-state index in [-0.39, 0.29) is 31.5 Å². The molecule has 3 heterocycles. The van der Waals surface area contributed by atoms with Crippen LogP contribution >= 0.6 is 0 Å². The van der Waals surface area contributed by atoms with Crippen molar-refractivity contribution in [3.05, 3.63) is 48.2 Å². The zero-order valence-corrected chi connectivity index (χ0v) is 20.6. The van der Waals surface area contributed by atoms with Crippen molar-refractivity contribution in [2.24, 2.45) is 5.92 Å². The molecule has 1 saturated heterocycles. The van der Waals surface area contributed by atoms with Gasteiger partial charge >= 0.3 is 0 Å². The van der Waals surface area contributed by atoms with Gasteiger partial charge in [-0.3, -0.25) is 4.79 Å². The topological polar surface area (TPSA) is 144 Å². The summed E-state index contributed by atoms with van der Waals surface area (Å²) in [5.41, 5.74) is 2.55. The summed E-state index contributed by atoms with van der Waals surface area (Å²) in [5.74, 6) is 0.134. The number of imidazole rings is 1. The number of hydrogen-bond acceptors (Lipinski definition) is 9. The Morgan fingerprint density at radius 2 is 1.97 bits per heavy atom. The number of ether oxygens (including phenoxy) is 3. The SMILES string of the molecule is COCCNC(=O)C1COC(Cc2nc(-c3ccc(F)cc3)c(-c3ccnc(NCCCO)n3)[nH]2)OC1. The number of carbonyl (C=O) groups is 1. The normalized spacial score (nSPS) is 17.5. The second-order valence-electron chi connectivity index (χ2n) is 8.46. The molecule has 1 aromatic carbocycles. The predicted octanol–water partition coefficient (Wildman–Crippen LogP) is 1.76. The molecule has 2 aromatic heterocycles. The fraction of sp³-hybridized carbons (Fsp3) is 0.440. The number of nitrogens with zero attached hydrogens (tertiary/aromatic N) is 3. The minimum Gasteiger partial charge on any atom is -0.396 e. The molecule has 0 atom stereocenters. The highest BCUT2D eigenvalue weighted by Gasteiger charge is 2.28. The van der Waals surface area contributed by atoms with Crippen LogP contribution in [0.5, 0.6) is 0 Å². The van der Waals surface area contributed by atoms with Crippen molar-refractivity contribution in [1.29, 1.82) is 0 Å². The number of anilines is 1. The number of rotatable bonds is 12. The lowest BCUT2D eigenvalue weighted by Gasteiger charge is -2.28. The zero-order valence-electron chi connectivity index (χ0n) is 20.6. The number of aliphatic hydroxyl groups excluding tert-OH is 1. The van der Waals surface area contributed by atoms with Crippen LogP contribution in [-0.2, 0) is 25.4 Å². The number of nitrogens with one attached hydrogen (secondary N) is 3. The van der Waals surface area contributed by atoms with Crippen molar-refractivity contribution < 1.29 is 28.5 Å². The van der Waals surface area contributed by atoms with Crippen molar-refractivity contribution in [3.8, 4) is 22.6 Å². The fourth-order valence-corrected chi connectivity index (χ4v) is 3.77. The van der Waals surface area contributed by atoms with E-state index in [0.717, 1.165) is 0 Å². The standard InChI is InChI=1S/C25H31FN6O5/c1-35-12-10-27-24(34)17-14-36-21(37-15-17)13-20-31-22(16-3-5-18(26)6-4-16)23(32-20)19-7-9-29-25(30-19)28-8-2-11-33/h3-7,9,17,21,33H,2,8,10-15H2,1H3,(H,27,34)(H,31,32)(H,28,29,30). The first-order valence-corrected chi connectivity index (χ1v) is 12.1. The van der Waals surface area contributed by atoms with Gasteiger partial charge < -0.3 is 34.9 Å². The molecule has 11 nitrogen and oxygen atoms in total. The first-order valence-electron chi connectivity index (χ1n) is 12.1. The monoisotopic (exact) mass is 514 g/mol. The second kappa shape index (κ2) is 13.2. The Labute approximate surface area is 213 Å². The lowest BCUT2D eigenvalue weighted by molar-refractivity contribution is -0.200. The van der Waals surface area contributed by atoms with Gasteiger partial charge in [0, 0.05) is 38.6 Å². The Hall–Kier alpha value is -3.45. The van der Waals surface area contributed by atoms with Crippen LogP contribution in [0.2, 0.25) is 0 Å². The number of hydrogen-bond donors (Lipinski definition) is 4. The second-order valence-corrected chi connectivity index (χ2v) is 8.46. The summed E-state index contributed by atoms with van der Waals surface area (Å²) in [4.78, 5) is 29.1. The molecule has 37 heavy (non-hydrogen) atoms. The summed E-state index contributed by atoms with van der Waals surface area (Å²) >= 11 is 0. The molecular weight excluding hydrogens is 483 g/mol. The van der Waals surface area contributed by atoms with Gasteiger partial charge in [-0.2, -0.15) is 0 Å². The third-order valence-electron chi connectivity index (χ3n) is 5.70. The molecule has 0 radical (unpaired) electrons. The first-order chi connectivity index (χ1) is 18.1. The van der Waals surface area contributed by atoms with Crippen molar-refractivity contribution >= 4 is 11.9 Å². The van der Waals surface area contributed by atoms with E-state index in [0.29, 0.717) is 67.0 Å². The van der Waals surface area contributed by atoms with Gasteiger partial charge in [0.15, 0.2) is 6.29 Å². The average molecular weight is 515 g/mol. The number of amides is 1. The van der Waals surface area contributed by atoms with Gasteiger partial charge in [0.25, 0.3) is 0 Å². The van der Waals surface area contributed by atoms with Crippen LogP contribution in [0.15, 0.2) is 36.5 Å². The number of H-pyrrole nitrogens is 1. The van der Waals surface area contributed by atoms with Gasteiger partial charge in [-0.25, -0.2) is 19.3 Å². The van der Waals surface area contributed by atoms with Crippen LogP contribution < -0.4 is 10.6 Å². The number of aliphatic hydroxyl groups is 1. The van der Waals surface area contributed by atoms with E-state index in [4.69, 9.17) is 24.3 Å². The summed E-state index contributed by atoms with van der Waals surface area (Å²) in [5, 5.41) is 14.9. The van der Waals surface area contributed by atoms with E-state index in [1.165, 1.54) is 12.1 Å². The first kappa shape index (κ1) is 26.6. The smallest absolute Gasteiger partial charge is 0.227 e. The minimum atomic E-state index is -0.579. The molecule has 1 aliphatic rings. The van der Waals surface area contributed by atoms with E-state index in [1.807, 2.05) is 0 Å². The number of methoxy groups -OCH3 is 1. The third-order valence-corrected chi connectivity index (χ3v) is 5.70. The third kappa shape index (κ3) is 7.29. The van der Waals surface area contributed by atoms with Crippen molar-refractivity contribution in [2.75, 3.05) is 51.9 Å². The van der Waals surface area contributed by atoms with Crippen molar-refractivity contribution in [1.82, 2.24) is 25.3 Å². The number of halogens is 1. The molecule has 0 aliphatic carbocycles. The highest BCUT2D eigenvalue weighted by Crippen LogP contribution is 2.30. The molecule has 12 heteroatoms. The van der Waals surface area contributed by atoms with E-state index in [9.17, 15) is 9.18 Å². The quantitative estimate of drug-likeness (QED) is 0.266. The highest BCUT2D eigenvalue weighted by atomic mass is 19.1. The van der Waals surface area contributed by atoms with Gasteiger partial charge in [-0.1, -0.05) is 0 Å². The van der Waals surface area contributed by atoms with Gasteiger partial charge in [0.1, 0.15) is 11.6 Å². The highest BCUT2D eigenvalue weighted by molar-refractivity contribution is 5.79. The molecule has 0 unspecified atom stereocenters. The molecule has 4 N–H and O–H groups in total. The van der Waals surface area contributed by atoms with Crippen LogP contribution in [0.1, 0.15) is 12.2 Å². The molecule has 1 aliphatic heterocycles. The van der Waals surface area contributed by atoms with Gasteiger partial charge in [0.2, 0.25) is 11.9 Å². The van der Waals surface area contributed by atoms with Crippen LogP contribution in [0.25, 0.3) is 22.6 Å². The fourth-order valence-electron chi connectivity index (χ4n) is 3.77. The number of carbonyl (C=O) groups excluding carboxylic acids is 1. The Morgan fingerprint density at radius 3 is 2.70 bits per heavy atom. The average Bonchev–Trinajstić information content (AvgIpc) is 3.34. The maximum Gasteiger partial charge on any atom is 0.227 e. The maximum atomic E-state index is 13.6. The molecule has 0 spiro atoms. The number of aromatic amines is 1. The molecule has 198 valence electrons. The summed E-state index contributed by atoms with van der Waals surface area (Å²) in [7, 11) is 1.57. The van der Waals surface area contributed by atoms with Crippen LogP contribution in [0.4, 0.5) is 10.3 Å². The van der Waals surface area contributed by atoms with Crippen molar-refractivity contribution in [3.63, 3.8) is 0 Å². The molecule has 1 fully saturated rings. The number of aromatic nitrogens is 4. The Bertz CT molecular complexity index is 1150. The number of benzene rings is 1. The van der Waals surface area contributed by atoms with E-state index in [1.54, 1.807) is 31.5 Å². The van der Waals surface area contributed by atoms with E-state index in [2.05, 4.69) is 25.6 Å². The Balaban J connectivity index is 1.49. The van der Waals surface area contributed by atoms with Gasteiger partial charge in [0.05, 0.1) is 49.2 Å². The van der Waals surface area contributed by atoms with Crippen molar-refractivity contribution in [2.45, 2.75) is 19.1 Å². The summed E-state index contributed by atoms with van der Waals surface area (Å²) in [6.07, 6.45) is 1.94. The molecule has 0 saturated carbocycles. The maximum absolute atomic E-state index is 13.6. The summed E-state index contributed by atoms with van der Waals surface area (Å²) in [6.45, 7) is 1.93. The minimum absolute atomic E-state index is 0.0653. The van der Waals surface area contributed by atoms with Crippen LogP contribution in [0, 0.1) is 11.7 Å². The van der Waals surface area contributed by atoms with Gasteiger partial charge in [-0.05, 0) is 36.8 Å². The lowest BCUT2D eigenvalue weighted by Crippen LogP contribution is -2.43. The predicted molar refractivity (Wildman–Crippen MR) is 133 cm³/mol. The molecular formula is C25H31FN6O5.